The van der Waals surface area contributed by atoms with E-state index < -0.39 is 43.0 Å². The summed E-state index contributed by atoms with van der Waals surface area (Å²) in [5.74, 6) is 6.69. The number of benzene rings is 8. The Kier molecular flexibility index (Phi) is 34.6. The third-order valence-electron chi connectivity index (χ3n) is 19.0. The van der Waals surface area contributed by atoms with E-state index in [9.17, 15) is 68.5 Å². The predicted octanol–water partition coefficient (Wildman–Crippen LogP) is 18.5. The maximum Gasteiger partial charge on any atom is 0.275 e. The zero-order chi connectivity index (χ0) is 101. The summed E-state index contributed by atoms with van der Waals surface area (Å²) in [7, 11) is -0.575. The Morgan fingerprint density at radius 1 is 0.373 bits per heavy atom. The van der Waals surface area contributed by atoms with Crippen molar-refractivity contribution in [1.29, 1.82) is 0 Å². The van der Waals surface area contributed by atoms with Gasteiger partial charge in [0.25, 0.3) is 47.3 Å². The van der Waals surface area contributed by atoms with Crippen LogP contribution in [0, 0.1) is 23.3 Å². The van der Waals surface area contributed by atoms with E-state index in [4.69, 9.17) is 18.9 Å². The lowest BCUT2D eigenvalue weighted by atomic mass is 10.1. The molecule has 0 aliphatic heterocycles. The van der Waals surface area contributed by atoms with Gasteiger partial charge in [0.15, 0.2) is 15.9 Å². The number of carbonyl (C=O) groups is 8. The molecule has 8 aromatic carbocycles. The van der Waals surface area contributed by atoms with E-state index in [2.05, 4.69) is 94.0 Å². The van der Waals surface area contributed by atoms with Crippen LogP contribution < -0.4 is 70.4 Å². The summed E-state index contributed by atoms with van der Waals surface area (Å²) in [5, 5.41) is 21.2. The van der Waals surface area contributed by atoms with Crippen molar-refractivity contribution in [3.8, 4) is 87.8 Å². The second kappa shape index (κ2) is 47.5. The van der Waals surface area contributed by atoms with Crippen molar-refractivity contribution in [3.63, 3.8) is 0 Å². The van der Waals surface area contributed by atoms with Crippen LogP contribution in [-0.4, -0.2) is 160 Å². The third-order valence-corrected chi connectivity index (χ3v) is 28.3. The molecule has 0 saturated heterocycles. The Morgan fingerprint density at radius 2 is 0.662 bits per heavy atom. The Labute approximate surface area is 833 Å². The second-order valence-corrected chi connectivity index (χ2v) is 41.0. The number of carbonyl (C=O) groups excluding carboxylic acids is 8. The molecular weight excluding hydrogens is 1990 g/mol. The van der Waals surface area contributed by atoms with Gasteiger partial charge in [-0.05, 0) is 215 Å². The van der Waals surface area contributed by atoms with E-state index in [1.165, 1.54) is 189 Å². The quantitative estimate of drug-likeness (QED) is 0.00910. The Hall–Kier alpha value is -16.1. The number of nitrogens with zero attached hydrogens (tertiary/aromatic N) is 8. The van der Waals surface area contributed by atoms with Gasteiger partial charge < -0.3 is 61.5 Å². The molecule has 2 unspecified atom stereocenters. The minimum atomic E-state index is -3.67. The molecule has 2 atom stereocenters. The van der Waals surface area contributed by atoms with Crippen molar-refractivity contribution in [2.24, 2.45) is 0 Å². The highest BCUT2D eigenvalue weighted by Gasteiger charge is 2.29. The Balaban J connectivity index is 0.000000159. The van der Waals surface area contributed by atoms with E-state index >= 15 is 0 Å². The molecule has 32 nitrogen and oxygen atoms in total. The van der Waals surface area contributed by atoms with Crippen LogP contribution in [0.4, 0.5) is 40.3 Å². The van der Waals surface area contributed by atoms with Gasteiger partial charge in [-0.15, -0.1) is 49.3 Å². The first kappa shape index (κ1) is 103. The summed E-state index contributed by atoms with van der Waals surface area (Å²) in [5.41, 5.74) is 6.20. The average Bonchev–Trinajstić information content (AvgIpc) is 1.65. The number of ether oxygens (including phenoxy) is 4. The average molecular weight is 2070 g/mol. The van der Waals surface area contributed by atoms with Crippen molar-refractivity contribution in [3.05, 3.63) is 342 Å². The summed E-state index contributed by atoms with van der Waals surface area (Å²) in [6, 6.07) is 62.3. The Morgan fingerprint density at radius 3 is 0.958 bits per heavy atom. The summed E-state index contributed by atoms with van der Waals surface area (Å²) in [4.78, 5) is 133. The van der Waals surface area contributed by atoms with Gasteiger partial charge in [-0.3, -0.25) is 58.3 Å². The molecule has 44 heteroatoms. The van der Waals surface area contributed by atoms with Crippen LogP contribution in [0.25, 0.3) is 41.8 Å². The van der Waals surface area contributed by atoms with Crippen molar-refractivity contribution < 1.29 is 91.6 Å². The molecule has 16 rings (SSSR count). The van der Waals surface area contributed by atoms with Crippen molar-refractivity contribution in [1.82, 2.24) is 56.2 Å². The Bertz CT molecular complexity index is 7610. The molecule has 0 bridgehead atoms. The van der Waals surface area contributed by atoms with Crippen LogP contribution >= 0.6 is 67.8 Å². The number of anilines is 4. The number of thioether (sulfide) groups is 1. The van der Waals surface area contributed by atoms with Crippen LogP contribution in [0.1, 0.15) is 83.8 Å². The number of aromatic nitrogens is 8. The molecule has 0 aliphatic rings. The third kappa shape index (κ3) is 28.4. The van der Waals surface area contributed by atoms with E-state index in [1.54, 1.807) is 158 Å². The first-order valence-corrected chi connectivity index (χ1v) is 51.8. The van der Waals surface area contributed by atoms with E-state index in [1.807, 2.05) is 12.5 Å². The summed E-state index contributed by atoms with van der Waals surface area (Å²) < 4.78 is 116. The van der Waals surface area contributed by atoms with Crippen LogP contribution in [0.5, 0.6) is 46.0 Å². The van der Waals surface area contributed by atoms with Crippen LogP contribution in [0.3, 0.4) is 0 Å². The van der Waals surface area contributed by atoms with E-state index in [0.29, 0.717) is 111 Å². The van der Waals surface area contributed by atoms with Crippen molar-refractivity contribution >= 4 is 169 Å². The molecule has 0 spiro atoms. The van der Waals surface area contributed by atoms with Crippen molar-refractivity contribution in [2.75, 3.05) is 79.3 Å². The van der Waals surface area contributed by atoms with Crippen LogP contribution in [-0.2, 0) is 19.5 Å². The van der Waals surface area contributed by atoms with Gasteiger partial charge in [0, 0.05) is 113 Å². The van der Waals surface area contributed by atoms with Gasteiger partial charge in [0.05, 0.1) is 24.3 Å². The first-order valence-electron chi connectivity index (χ1n) is 41.6. The summed E-state index contributed by atoms with van der Waals surface area (Å²) in [6.45, 7) is 0. The summed E-state index contributed by atoms with van der Waals surface area (Å²) >= 11 is 6.17. The highest BCUT2D eigenvalue weighted by atomic mass is 32.2. The number of halogens is 4. The molecule has 0 fully saturated rings. The maximum atomic E-state index is 13.4. The first-order chi connectivity index (χ1) is 68.0. The SMILES string of the molecule is C=S(C)(=O)N[n+]1cc(C(=O)Nc2ccc(Oc3ccnc(C(=O)NC)c3)cc2)c(-c2ccc(F)cc2)s1.C=S(C)c1nc(C(=O)Nc2ccc(Oc3ccnc(C(=O)NC)c3)cc2)c(-c2ccc(F)cc2)s1.CNC(=O)c1cc(Oc2ccc(NC(=O)c3nc(S(C)(=O)=O)sc3-c3ccc(F)cc3)cc2)ccn1.CNC(=O)c1cc(Oc2ccc(NC(=O)c3nc(SC)sc3-c3ccc(F)cc3)cc2)ccn1. The van der Waals surface area contributed by atoms with Gasteiger partial charge in [-0.25, -0.2) is 45.1 Å². The summed E-state index contributed by atoms with van der Waals surface area (Å²) in [6.07, 6.45) is 13.7. The number of sulfone groups is 1. The van der Waals surface area contributed by atoms with Gasteiger partial charge in [-0.1, -0.05) is 66.2 Å². The number of nitrogens with one attached hydrogen (secondary N) is 9. The number of amides is 8. The van der Waals surface area contributed by atoms with E-state index in [0.717, 1.165) is 43.4 Å². The second-order valence-electron chi connectivity index (χ2n) is 29.6. The zero-order valence-electron chi connectivity index (χ0n) is 75.9. The lowest BCUT2D eigenvalue weighted by molar-refractivity contribution is -0.563. The highest BCUT2D eigenvalue weighted by molar-refractivity contribution is 8.14. The standard InChI is InChI=1S/C25H22FN5O4S2.C25H21FN4O3S2.C24H19FN4O5S2.C24H19FN4O3S2/c1-27-25(33)22-14-20(12-13-28-22)35-19-10-8-18(9-11-19)29-24(32)21-15-31(30-37(2,3)34)36-23(21)16-4-6-17(26)7-5-16;1-27-23(31)20-14-19(12-13-28-20)33-18-10-8-17(9-11-18)29-24(32)21-22(34-25(30-21)35(2)3)15-4-6-16(26)7-5-15;1-26-22(30)19-13-18(11-12-27-19)34-17-9-7-16(8-10-17)28-23(31)20-21(14-3-5-15(25)6-4-14)35-24(29-20)36(2,32)33;1-26-22(30)19-13-18(11-12-27-19)32-17-9-7-16(8-10-17)28-23(31)20-21(34-24(29-20)33-2)14-3-5-15(25)6-4-14/h4-15H,2H2,1,3H3,(H2-,27,29,30,32,33,34);4-14H,2H2,1,3H3,(H,27,31)(H,29,32);3-13H,1-2H3,(H,26,30)(H,28,31);3-13H,1-2H3,(H,26,30)(H,28,31)/p+1. The van der Waals surface area contributed by atoms with E-state index in [-0.39, 0.29) is 102 Å². The maximum absolute atomic E-state index is 13.4. The highest BCUT2D eigenvalue weighted by Crippen LogP contribution is 2.41. The largest absolute Gasteiger partial charge is 0.457 e. The molecule has 8 amide bonds. The number of hydrogen-bond acceptors (Lipinski definition) is 27. The monoisotopic (exact) mass is 2070 g/mol. The minimum absolute atomic E-state index is 0.0918. The molecule has 142 heavy (non-hydrogen) atoms. The van der Waals surface area contributed by atoms with Crippen LogP contribution in [0.2, 0.25) is 0 Å². The molecular formula is C98H82F4N17O15S8+. The number of rotatable bonds is 29. The van der Waals surface area contributed by atoms with Crippen molar-refractivity contribution in [2.45, 2.75) is 13.0 Å². The van der Waals surface area contributed by atoms with Gasteiger partial charge >= 0.3 is 0 Å². The molecule has 0 radical (unpaired) electrons. The fraction of sp³-hybridized carbons (Fsp3) is 0.0816. The molecule has 16 aromatic rings. The topological polar surface area (TPSA) is 427 Å². The number of pyridine rings is 4. The predicted molar refractivity (Wildman–Crippen MR) is 545 cm³/mol. The molecule has 8 heterocycles. The molecule has 9 N–H and O–H groups in total. The molecule has 8 aromatic heterocycles. The lowest BCUT2D eigenvalue weighted by Crippen LogP contribution is -2.44. The number of hydrogen-bond donors (Lipinski definition) is 9. The smallest absolute Gasteiger partial charge is 0.275 e. The van der Waals surface area contributed by atoms with Gasteiger partial charge in [0.1, 0.15) is 124 Å². The molecule has 724 valence electrons. The number of thiazole rings is 3. The zero-order valence-corrected chi connectivity index (χ0v) is 82.4. The van der Waals surface area contributed by atoms with Gasteiger partial charge in [0.2, 0.25) is 20.4 Å². The molecule has 0 aliphatic carbocycles. The minimum Gasteiger partial charge on any atom is -0.457 e. The van der Waals surface area contributed by atoms with Gasteiger partial charge in [-0.2, -0.15) is 0 Å². The lowest BCUT2D eigenvalue weighted by Gasteiger charge is -2.09. The van der Waals surface area contributed by atoms with Crippen LogP contribution in [0.15, 0.2) is 287 Å². The normalized spacial score (nSPS) is 11.4. The molecule has 0 saturated carbocycles. The fourth-order valence-corrected chi connectivity index (χ4v) is 19.6. The fourth-order valence-electron chi connectivity index (χ4n) is 12.4.